The first-order valence-electron chi connectivity index (χ1n) is 4.66. The van der Waals surface area contributed by atoms with Gasteiger partial charge in [0.1, 0.15) is 0 Å². The highest BCUT2D eigenvalue weighted by Crippen LogP contribution is 2.17. The van der Waals surface area contributed by atoms with Crippen molar-refractivity contribution in [3.8, 4) is 0 Å². The van der Waals surface area contributed by atoms with Crippen LogP contribution in [0.2, 0.25) is 0 Å². The average molecular weight is 462 g/mol. The van der Waals surface area contributed by atoms with E-state index in [0.29, 0.717) is 6.83 Å². The Kier molecular flexibility index (Phi) is 5.72. The van der Waals surface area contributed by atoms with Crippen LogP contribution in [0.25, 0.3) is 0 Å². The van der Waals surface area contributed by atoms with Gasteiger partial charge in [0.05, 0.1) is 12.6 Å². The maximum Gasteiger partial charge on any atom is 0.182 e. The van der Waals surface area contributed by atoms with E-state index in [9.17, 15) is 8.42 Å². The van der Waals surface area contributed by atoms with Crippen LogP contribution in [0, 0.1) is 6.92 Å². The van der Waals surface area contributed by atoms with Crippen LogP contribution in [0.15, 0.2) is 41.3 Å². The molecule has 2 nitrogen and oxygen atoms in total. The van der Waals surface area contributed by atoms with Gasteiger partial charge in [0, 0.05) is 0 Å². The second-order valence-corrected chi connectivity index (χ2v) is 10.4. The molecule has 0 heterocycles. The summed E-state index contributed by atoms with van der Waals surface area (Å²) in [7, 11) is -3.18. The molecule has 0 bridgehead atoms. The van der Waals surface area contributed by atoms with Crippen molar-refractivity contribution in [3.63, 3.8) is 0 Å². The summed E-state index contributed by atoms with van der Waals surface area (Å²) in [5, 5.41) is 0. The van der Waals surface area contributed by atoms with Crippen molar-refractivity contribution in [2.75, 3.05) is 5.75 Å². The summed E-state index contributed by atoms with van der Waals surface area (Å²) in [6.07, 6.45) is 3.60. The molecule has 5 heteroatoms. The number of rotatable bonds is 4. The van der Waals surface area contributed by atoms with E-state index in [1.807, 2.05) is 25.1 Å². The highest BCUT2D eigenvalue weighted by atomic mass is 127. The predicted octanol–water partition coefficient (Wildman–Crippen LogP) is 3.52. The van der Waals surface area contributed by atoms with Crippen molar-refractivity contribution < 1.29 is 8.42 Å². The lowest BCUT2D eigenvalue weighted by Crippen LogP contribution is -2.06. The summed E-state index contributed by atoms with van der Waals surface area (Å²) in [6, 6.07) is 7.07. The van der Waals surface area contributed by atoms with Crippen molar-refractivity contribution in [2.45, 2.75) is 13.8 Å². The highest BCUT2D eigenvalue weighted by Gasteiger charge is 2.14. The Morgan fingerprint density at radius 1 is 1.31 bits per heavy atom. The summed E-state index contributed by atoms with van der Waals surface area (Å²) in [4.78, 5) is 0.429. The lowest BCUT2D eigenvalue weighted by atomic mass is 10.2. The van der Waals surface area contributed by atoms with Gasteiger partial charge >= 0.3 is 0 Å². The molecule has 0 radical (unpaired) electrons. The monoisotopic (exact) mass is 462 g/mol. The van der Waals surface area contributed by atoms with E-state index < -0.39 is 9.84 Å². The zero-order valence-corrected chi connectivity index (χ0v) is 13.9. The van der Waals surface area contributed by atoms with Crippen molar-refractivity contribution >= 4 is 55.0 Å². The molecule has 0 saturated heterocycles. The molecule has 88 valence electrons. The summed E-state index contributed by atoms with van der Waals surface area (Å²) < 4.78 is 24.3. The zero-order valence-electron chi connectivity index (χ0n) is 8.73. The number of hydrogen-bond donors (Lipinski definition) is 0. The predicted molar refractivity (Wildman–Crippen MR) is 84.2 cm³/mol. The van der Waals surface area contributed by atoms with Gasteiger partial charge in [0.25, 0.3) is 0 Å². The van der Waals surface area contributed by atoms with Crippen LogP contribution in [0.4, 0.5) is 0 Å². The fraction of sp³-hybridized carbons (Fsp3) is 0.273. The largest absolute Gasteiger partial charge is 0.223 e. The lowest BCUT2D eigenvalue weighted by Gasteiger charge is -2.04. The summed E-state index contributed by atoms with van der Waals surface area (Å²) in [5.41, 5.74) is 0.802. The van der Waals surface area contributed by atoms with Crippen LogP contribution in [-0.4, -0.2) is 16.1 Å². The first kappa shape index (κ1) is 14.4. The molecule has 0 aliphatic heterocycles. The third-order valence-electron chi connectivity index (χ3n) is 2.03. The van der Waals surface area contributed by atoms with Gasteiger partial charge in [-0.3, -0.25) is 0 Å². The van der Waals surface area contributed by atoms with Gasteiger partial charge in [-0.25, -0.2) is 8.42 Å². The molecule has 0 aliphatic carbocycles. The smallest absolute Gasteiger partial charge is 0.182 e. The van der Waals surface area contributed by atoms with E-state index >= 15 is 0 Å². The van der Waals surface area contributed by atoms with Gasteiger partial charge in [0.2, 0.25) is 0 Å². The zero-order chi connectivity index (χ0) is 12.2. The van der Waals surface area contributed by atoms with Crippen molar-refractivity contribution in [1.29, 1.82) is 0 Å². The molecular formula is C11H12I2O2S. The molecule has 1 rings (SSSR count). The number of halogens is 2. The number of aryl methyl sites for hydroxylation is 1. The Morgan fingerprint density at radius 3 is 2.50 bits per heavy atom. The van der Waals surface area contributed by atoms with Crippen LogP contribution in [0.5, 0.6) is 0 Å². The Hall–Kier alpha value is 0.370. The Bertz CT molecular complexity index is 479. The van der Waals surface area contributed by atoms with Gasteiger partial charge < -0.3 is 0 Å². The second-order valence-electron chi connectivity index (χ2n) is 3.31. The molecule has 0 N–H and O–H groups in total. The average Bonchev–Trinajstić information content (AvgIpc) is 2.17. The summed E-state index contributed by atoms with van der Waals surface area (Å²) >= 11 is 4.44. The molecule has 0 aromatic heterocycles. The molecule has 0 unspecified atom stereocenters. The van der Waals surface area contributed by atoms with E-state index in [-0.39, 0.29) is 5.75 Å². The molecule has 0 amide bonds. The van der Waals surface area contributed by atoms with Gasteiger partial charge in [-0.15, -0.1) is 0 Å². The SMILES string of the molecule is Cc1ccccc1S(=O)(=O)CC=CC(I)I. The molecule has 0 spiro atoms. The Balaban J connectivity index is 2.91. The van der Waals surface area contributed by atoms with E-state index in [1.165, 1.54) is 0 Å². The second kappa shape index (κ2) is 6.34. The third kappa shape index (κ3) is 4.33. The van der Waals surface area contributed by atoms with Crippen LogP contribution in [0.1, 0.15) is 5.56 Å². The topological polar surface area (TPSA) is 34.1 Å². The van der Waals surface area contributed by atoms with Gasteiger partial charge in [-0.1, -0.05) is 75.5 Å². The van der Waals surface area contributed by atoms with E-state index in [4.69, 9.17) is 0 Å². The molecule has 0 fully saturated rings. The maximum atomic E-state index is 12.0. The van der Waals surface area contributed by atoms with Crippen molar-refractivity contribution in [1.82, 2.24) is 0 Å². The van der Waals surface area contributed by atoms with Crippen molar-refractivity contribution in [3.05, 3.63) is 42.0 Å². The van der Waals surface area contributed by atoms with Crippen LogP contribution < -0.4 is 0 Å². The Morgan fingerprint density at radius 2 is 1.94 bits per heavy atom. The first-order valence-corrected chi connectivity index (χ1v) is 8.81. The van der Waals surface area contributed by atoms with Gasteiger partial charge in [0.15, 0.2) is 9.84 Å². The number of sulfone groups is 1. The molecule has 1 aromatic rings. The van der Waals surface area contributed by atoms with E-state index in [1.54, 1.807) is 18.2 Å². The molecule has 0 atom stereocenters. The minimum absolute atomic E-state index is 0.0698. The van der Waals surface area contributed by atoms with Crippen molar-refractivity contribution in [2.24, 2.45) is 0 Å². The Labute approximate surface area is 124 Å². The maximum absolute atomic E-state index is 12.0. The third-order valence-corrected chi connectivity index (χ3v) is 4.62. The molecular weight excluding hydrogens is 450 g/mol. The highest BCUT2D eigenvalue weighted by molar-refractivity contribution is 14.2. The normalized spacial score (nSPS) is 12.5. The van der Waals surface area contributed by atoms with Gasteiger partial charge in [-0.05, 0) is 18.6 Å². The number of alkyl halides is 2. The molecule has 1 aromatic carbocycles. The molecule has 0 saturated carbocycles. The number of allylic oxidation sites excluding steroid dienone is 1. The summed E-state index contributed by atoms with van der Waals surface area (Å²) in [6.45, 7) is 1.82. The van der Waals surface area contributed by atoms with E-state index in [2.05, 4.69) is 45.2 Å². The molecule has 16 heavy (non-hydrogen) atoms. The number of benzene rings is 1. The minimum atomic E-state index is -3.18. The van der Waals surface area contributed by atoms with Crippen LogP contribution >= 0.6 is 45.2 Å². The summed E-state index contributed by atoms with van der Waals surface area (Å²) in [5.74, 6) is 0.0698. The van der Waals surface area contributed by atoms with Gasteiger partial charge in [-0.2, -0.15) is 0 Å². The first-order chi connectivity index (χ1) is 7.43. The molecule has 0 aliphatic rings. The van der Waals surface area contributed by atoms with E-state index in [0.717, 1.165) is 5.56 Å². The minimum Gasteiger partial charge on any atom is -0.223 e. The number of hydrogen-bond acceptors (Lipinski definition) is 2. The fourth-order valence-electron chi connectivity index (χ4n) is 1.28. The lowest BCUT2D eigenvalue weighted by molar-refractivity contribution is 0.598. The standard InChI is InChI=1S/C11H12I2O2S/c1-9-5-2-3-6-10(9)16(14,15)8-4-7-11(12)13/h2-7,11H,8H2,1H3. The van der Waals surface area contributed by atoms with Crippen LogP contribution in [0.3, 0.4) is 0 Å². The fourth-order valence-corrected chi connectivity index (χ4v) is 3.26. The van der Waals surface area contributed by atoms with Crippen LogP contribution in [-0.2, 0) is 9.84 Å². The quantitative estimate of drug-likeness (QED) is 0.390.